The van der Waals surface area contributed by atoms with Crippen molar-refractivity contribution < 1.29 is 0 Å². The van der Waals surface area contributed by atoms with Crippen LogP contribution in [0.2, 0.25) is 10.6 Å². The third-order valence-corrected chi connectivity index (χ3v) is 5.65. The molecule has 1 heterocycles. The zero-order chi connectivity index (χ0) is 8.32. The maximum Gasteiger partial charge on any atom is 0.367 e. The summed E-state index contributed by atoms with van der Waals surface area (Å²) in [7, 11) is 0. The van der Waals surface area contributed by atoms with Gasteiger partial charge in [-0.1, -0.05) is 50.1 Å². The van der Waals surface area contributed by atoms with Gasteiger partial charge in [0.15, 0.2) is 0 Å². The van der Waals surface area contributed by atoms with Crippen LogP contribution in [0, 0.1) is 5.41 Å². The Bertz CT molecular complexity index is 111. The van der Waals surface area contributed by atoms with Crippen molar-refractivity contribution >= 4 is 14.4 Å². The molecular weight excluding hydrogens is 149 g/mol. The maximum atomic E-state index is 6.00. The van der Waals surface area contributed by atoms with Crippen LogP contribution in [0.1, 0.15) is 39.5 Å². The molecule has 0 aromatic heterocycles. The SMILES string of the molecule is CCC1(CC)C[CH2][Al]([NH2])[CH2]C1. The summed E-state index contributed by atoms with van der Waals surface area (Å²) in [4.78, 5) is 0. The van der Waals surface area contributed by atoms with Gasteiger partial charge >= 0.3 is 14.4 Å². The molecule has 64 valence electrons. The highest BCUT2D eigenvalue weighted by molar-refractivity contribution is 6.55. The monoisotopic (exact) mass is 169 g/mol. The Hall–Kier alpha value is 0.492. The van der Waals surface area contributed by atoms with Gasteiger partial charge in [-0.3, -0.25) is 0 Å². The third-order valence-electron chi connectivity index (χ3n) is 3.59. The van der Waals surface area contributed by atoms with Crippen molar-refractivity contribution in [1.82, 2.24) is 0 Å². The zero-order valence-electron chi connectivity index (χ0n) is 7.90. The van der Waals surface area contributed by atoms with Gasteiger partial charge in [0.05, 0.1) is 0 Å². The van der Waals surface area contributed by atoms with Gasteiger partial charge in [-0.15, -0.1) is 0 Å². The lowest BCUT2D eigenvalue weighted by atomic mass is 9.77. The Morgan fingerprint density at radius 3 is 2.00 bits per heavy atom. The first-order valence-electron chi connectivity index (χ1n) is 4.98. The normalized spacial score (nSPS) is 23.7. The molecular formula is C9H20AlN. The molecule has 0 atom stereocenters. The number of hydrogen-bond acceptors (Lipinski definition) is 1. The fourth-order valence-electron chi connectivity index (χ4n) is 2.21. The molecule has 2 heteroatoms. The summed E-state index contributed by atoms with van der Waals surface area (Å²) in [6, 6.07) is 0. The third kappa shape index (κ3) is 2.21. The van der Waals surface area contributed by atoms with Gasteiger partial charge in [0.25, 0.3) is 0 Å². The molecule has 11 heavy (non-hydrogen) atoms. The first-order valence-corrected chi connectivity index (χ1v) is 7.28. The predicted molar refractivity (Wildman–Crippen MR) is 51.8 cm³/mol. The molecule has 0 aliphatic carbocycles. The molecule has 2 N–H and O–H groups in total. The number of nitrogens with two attached hydrogens (primary N) is 1. The Morgan fingerprint density at radius 2 is 1.64 bits per heavy atom. The minimum atomic E-state index is -0.705. The molecule has 1 aliphatic rings. The molecule has 0 saturated carbocycles. The first kappa shape index (κ1) is 9.58. The second kappa shape index (κ2) is 3.94. The number of rotatable bonds is 2. The molecule has 1 aliphatic heterocycles. The molecule has 1 rings (SSSR count). The highest BCUT2D eigenvalue weighted by atomic mass is 27.2. The molecule has 1 fully saturated rings. The van der Waals surface area contributed by atoms with Crippen molar-refractivity contribution in [2.75, 3.05) is 0 Å². The zero-order valence-corrected chi connectivity index (χ0v) is 9.05. The van der Waals surface area contributed by atoms with E-state index >= 15 is 0 Å². The molecule has 0 radical (unpaired) electrons. The van der Waals surface area contributed by atoms with Crippen LogP contribution in [-0.2, 0) is 0 Å². The highest BCUT2D eigenvalue weighted by Crippen LogP contribution is 2.41. The summed E-state index contributed by atoms with van der Waals surface area (Å²) in [5.41, 5.74) is 0.697. The highest BCUT2D eigenvalue weighted by Gasteiger charge is 2.33. The van der Waals surface area contributed by atoms with Gasteiger partial charge in [0, 0.05) is 0 Å². The fourth-order valence-corrected chi connectivity index (χ4v) is 4.46. The fraction of sp³-hybridized carbons (Fsp3) is 1.00. The largest absolute Gasteiger partial charge is 0.413 e. The lowest BCUT2D eigenvalue weighted by Crippen LogP contribution is -2.35. The molecule has 0 unspecified atom stereocenters. The van der Waals surface area contributed by atoms with Crippen LogP contribution in [0.5, 0.6) is 0 Å². The number of hydrogen-bond donors (Lipinski definition) is 1. The Labute approximate surface area is 75.0 Å². The molecule has 0 amide bonds. The second-order valence-corrected chi connectivity index (χ2v) is 6.72. The summed E-state index contributed by atoms with van der Waals surface area (Å²) in [5, 5.41) is 2.78. The van der Waals surface area contributed by atoms with E-state index in [2.05, 4.69) is 13.8 Å². The average molecular weight is 169 g/mol. The molecule has 0 aromatic carbocycles. The van der Waals surface area contributed by atoms with E-state index < -0.39 is 14.4 Å². The van der Waals surface area contributed by atoms with E-state index in [1.54, 1.807) is 0 Å². The van der Waals surface area contributed by atoms with Gasteiger partial charge in [0.2, 0.25) is 0 Å². The molecule has 0 aromatic rings. The summed E-state index contributed by atoms with van der Waals surface area (Å²) < 4.78 is 6.00. The average Bonchev–Trinajstić information content (AvgIpc) is 2.07. The van der Waals surface area contributed by atoms with Crippen molar-refractivity contribution in [1.29, 1.82) is 0 Å². The minimum Gasteiger partial charge on any atom is -0.413 e. The lowest BCUT2D eigenvalue weighted by molar-refractivity contribution is 0.229. The van der Waals surface area contributed by atoms with Crippen molar-refractivity contribution in [3.05, 3.63) is 0 Å². The van der Waals surface area contributed by atoms with E-state index in [1.807, 2.05) is 0 Å². The predicted octanol–water partition coefficient (Wildman–Crippen LogP) is 2.54. The molecule has 0 bridgehead atoms. The summed E-state index contributed by atoms with van der Waals surface area (Å²) in [6.07, 6.45) is 5.58. The summed E-state index contributed by atoms with van der Waals surface area (Å²) >= 11 is -0.705. The first-order chi connectivity index (χ1) is 5.22. The Morgan fingerprint density at radius 1 is 1.18 bits per heavy atom. The topological polar surface area (TPSA) is 26.0 Å². The van der Waals surface area contributed by atoms with Crippen LogP contribution < -0.4 is 4.72 Å². The van der Waals surface area contributed by atoms with Crippen molar-refractivity contribution in [3.63, 3.8) is 0 Å². The van der Waals surface area contributed by atoms with Crippen LogP contribution in [0.4, 0.5) is 0 Å². The van der Waals surface area contributed by atoms with Crippen molar-refractivity contribution in [2.24, 2.45) is 10.1 Å². The van der Waals surface area contributed by atoms with Gasteiger partial charge in [-0.05, 0) is 5.41 Å². The standard InChI is InChI=1S/C9H18.Al.H2N/c1-5-9(6-2,7-3)8-4;;/h1-2,5-8H2,3-4H3;;1H2/q;+1;-1. The molecule has 0 spiro atoms. The molecule has 1 nitrogen and oxygen atoms in total. The van der Waals surface area contributed by atoms with Crippen molar-refractivity contribution in [3.8, 4) is 0 Å². The summed E-state index contributed by atoms with van der Waals surface area (Å²) in [5.74, 6) is 0. The van der Waals surface area contributed by atoms with E-state index in [0.29, 0.717) is 5.41 Å². The van der Waals surface area contributed by atoms with Crippen LogP contribution >= 0.6 is 0 Å². The quantitative estimate of drug-likeness (QED) is 0.631. The van der Waals surface area contributed by atoms with Crippen LogP contribution in [0.15, 0.2) is 0 Å². The van der Waals surface area contributed by atoms with E-state index in [1.165, 1.54) is 36.2 Å². The van der Waals surface area contributed by atoms with Gasteiger partial charge in [-0.25, -0.2) is 0 Å². The smallest absolute Gasteiger partial charge is 0.367 e. The van der Waals surface area contributed by atoms with E-state index in [9.17, 15) is 0 Å². The lowest BCUT2D eigenvalue weighted by Gasteiger charge is -2.36. The van der Waals surface area contributed by atoms with Gasteiger partial charge in [-0.2, -0.15) is 0 Å². The summed E-state index contributed by atoms with van der Waals surface area (Å²) in [6.45, 7) is 4.67. The van der Waals surface area contributed by atoms with E-state index in [0.717, 1.165) is 0 Å². The minimum absolute atomic E-state index is 0.697. The van der Waals surface area contributed by atoms with E-state index in [-0.39, 0.29) is 0 Å². The van der Waals surface area contributed by atoms with Crippen molar-refractivity contribution in [2.45, 2.75) is 50.1 Å². The molecule has 1 saturated heterocycles. The van der Waals surface area contributed by atoms with Crippen LogP contribution in [-0.4, -0.2) is 14.4 Å². The Balaban J connectivity index is 2.45. The van der Waals surface area contributed by atoms with Gasteiger partial charge < -0.3 is 4.72 Å². The van der Waals surface area contributed by atoms with Crippen LogP contribution in [0.3, 0.4) is 0 Å². The van der Waals surface area contributed by atoms with Gasteiger partial charge in [0.1, 0.15) is 0 Å². The van der Waals surface area contributed by atoms with Crippen LogP contribution in [0.25, 0.3) is 0 Å². The second-order valence-electron chi connectivity index (χ2n) is 4.04. The van der Waals surface area contributed by atoms with E-state index in [4.69, 9.17) is 4.72 Å². The maximum absolute atomic E-state index is 6.00. The Kier molecular flexibility index (Phi) is 3.43.